The van der Waals surface area contributed by atoms with Gasteiger partial charge in [-0.1, -0.05) is 18.2 Å². The van der Waals surface area contributed by atoms with Crippen LogP contribution in [0.2, 0.25) is 0 Å². The molecular formula is C19H16N2O4S. The lowest BCUT2D eigenvalue weighted by Crippen LogP contribution is -2.14. The zero-order valence-corrected chi connectivity index (χ0v) is 14.9. The van der Waals surface area contributed by atoms with Crippen LogP contribution in [0.25, 0.3) is 10.8 Å². The van der Waals surface area contributed by atoms with Crippen molar-refractivity contribution >= 4 is 38.1 Å². The van der Waals surface area contributed by atoms with E-state index in [2.05, 4.69) is 10.0 Å². The number of aryl methyl sites for hydroxylation is 1. The molecule has 1 heterocycles. The third-order valence-electron chi connectivity index (χ3n) is 4.66. The van der Waals surface area contributed by atoms with Gasteiger partial charge in [0, 0.05) is 27.6 Å². The first-order chi connectivity index (χ1) is 12.3. The molecule has 1 aliphatic rings. The summed E-state index contributed by atoms with van der Waals surface area (Å²) in [5.74, 6) is -0.187. The molecule has 0 unspecified atom stereocenters. The van der Waals surface area contributed by atoms with Crippen LogP contribution in [-0.4, -0.2) is 19.4 Å². The summed E-state index contributed by atoms with van der Waals surface area (Å²) in [6.45, 7) is 3.39. The number of phenols is 1. The molecule has 3 N–H and O–H groups in total. The smallest absolute Gasteiger partial charge is 0.262 e. The van der Waals surface area contributed by atoms with E-state index < -0.39 is 10.0 Å². The number of aromatic hydroxyl groups is 1. The van der Waals surface area contributed by atoms with Gasteiger partial charge in [-0.2, -0.15) is 0 Å². The van der Waals surface area contributed by atoms with E-state index in [1.165, 1.54) is 6.07 Å². The minimum atomic E-state index is -3.92. The van der Waals surface area contributed by atoms with Crippen LogP contribution < -0.4 is 10.0 Å². The summed E-state index contributed by atoms with van der Waals surface area (Å²) in [4.78, 5) is 12.1. The number of anilines is 2. The van der Waals surface area contributed by atoms with Crippen molar-refractivity contribution in [2.45, 2.75) is 18.7 Å². The highest BCUT2D eigenvalue weighted by atomic mass is 32.2. The van der Waals surface area contributed by atoms with E-state index in [4.69, 9.17) is 0 Å². The second-order valence-corrected chi connectivity index (χ2v) is 7.95. The van der Waals surface area contributed by atoms with Gasteiger partial charge >= 0.3 is 0 Å². The van der Waals surface area contributed by atoms with Crippen LogP contribution in [0.1, 0.15) is 21.5 Å². The molecule has 132 valence electrons. The molecule has 3 aromatic carbocycles. The van der Waals surface area contributed by atoms with Crippen molar-refractivity contribution in [2.75, 3.05) is 10.0 Å². The molecule has 0 radical (unpaired) electrons. The minimum Gasteiger partial charge on any atom is -0.507 e. The van der Waals surface area contributed by atoms with Crippen molar-refractivity contribution in [1.29, 1.82) is 0 Å². The molecule has 0 saturated carbocycles. The lowest BCUT2D eigenvalue weighted by Gasteiger charge is -2.14. The Morgan fingerprint density at radius 1 is 1.04 bits per heavy atom. The van der Waals surface area contributed by atoms with Gasteiger partial charge in [-0.25, -0.2) is 8.42 Å². The zero-order chi connectivity index (χ0) is 18.6. The average Bonchev–Trinajstić information content (AvgIpc) is 2.93. The first-order valence-electron chi connectivity index (χ1n) is 7.98. The fraction of sp³-hybridized carbons (Fsp3) is 0.105. The molecular weight excluding hydrogens is 352 g/mol. The van der Waals surface area contributed by atoms with Crippen molar-refractivity contribution in [2.24, 2.45) is 0 Å². The van der Waals surface area contributed by atoms with Crippen molar-refractivity contribution in [3.05, 3.63) is 59.2 Å². The Labute approximate surface area is 150 Å². The summed E-state index contributed by atoms with van der Waals surface area (Å²) in [6.07, 6.45) is 0. The van der Waals surface area contributed by atoms with Crippen LogP contribution in [-0.2, 0) is 10.0 Å². The summed E-state index contributed by atoms with van der Waals surface area (Å²) < 4.78 is 28.5. The van der Waals surface area contributed by atoms with Crippen molar-refractivity contribution in [3.8, 4) is 5.75 Å². The van der Waals surface area contributed by atoms with Gasteiger partial charge in [0.25, 0.3) is 15.9 Å². The van der Waals surface area contributed by atoms with Crippen LogP contribution in [0.3, 0.4) is 0 Å². The number of hydrogen-bond donors (Lipinski definition) is 3. The molecule has 0 aliphatic carbocycles. The van der Waals surface area contributed by atoms with Crippen molar-refractivity contribution < 1.29 is 18.3 Å². The van der Waals surface area contributed by atoms with E-state index in [0.29, 0.717) is 38.8 Å². The molecule has 0 spiro atoms. The third-order valence-corrected chi connectivity index (χ3v) is 6.08. The highest BCUT2D eigenvalue weighted by Crippen LogP contribution is 2.37. The fourth-order valence-electron chi connectivity index (χ4n) is 3.24. The molecule has 0 atom stereocenters. The zero-order valence-electron chi connectivity index (χ0n) is 14.1. The Balaban J connectivity index is 1.87. The number of carbonyl (C=O) groups is 1. The number of sulfonamides is 1. The first-order valence-corrected chi connectivity index (χ1v) is 9.47. The van der Waals surface area contributed by atoms with Gasteiger partial charge in [0.05, 0.1) is 10.6 Å². The molecule has 26 heavy (non-hydrogen) atoms. The number of nitrogens with one attached hydrogen (secondary N) is 2. The predicted octanol–water partition coefficient (Wildman–Crippen LogP) is 3.53. The number of rotatable bonds is 3. The van der Waals surface area contributed by atoms with Crippen LogP contribution in [0.15, 0.2) is 47.4 Å². The number of carbonyl (C=O) groups excluding carboxylic acids is 1. The van der Waals surface area contributed by atoms with E-state index in [1.54, 1.807) is 50.2 Å². The lowest BCUT2D eigenvalue weighted by molar-refractivity contribution is 0.103. The highest BCUT2D eigenvalue weighted by molar-refractivity contribution is 7.93. The maximum Gasteiger partial charge on any atom is 0.262 e. The van der Waals surface area contributed by atoms with E-state index in [-0.39, 0.29) is 16.6 Å². The van der Waals surface area contributed by atoms with Crippen LogP contribution in [0.5, 0.6) is 5.75 Å². The molecule has 0 aromatic heterocycles. The maximum atomic E-state index is 13.0. The summed E-state index contributed by atoms with van der Waals surface area (Å²) in [5.41, 5.74) is 2.49. The quantitative estimate of drug-likeness (QED) is 0.659. The van der Waals surface area contributed by atoms with Crippen LogP contribution in [0.4, 0.5) is 11.4 Å². The minimum absolute atomic E-state index is 0.0559. The van der Waals surface area contributed by atoms with Crippen molar-refractivity contribution in [1.82, 2.24) is 0 Å². The average molecular weight is 368 g/mol. The van der Waals surface area contributed by atoms with Gasteiger partial charge in [-0.3, -0.25) is 9.52 Å². The van der Waals surface area contributed by atoms with Gasteiger partial charge in [0.15, 0.2) is 0 Å². The largest absolute Gasteiger partial charge is 0.507 e. The first kappa shape index (κ1) is 16.4. The molecule has 1 amide bonds. The predicted molar refractivity (Wildman–Crippen MR) is 100 cm³/mol. The highest BCUT2D eigenvalue weighted by Gasteiger charge is 2.26. The van der Waals surface area contributed by atoms with E-state index in [0.717, 1.165) is 0 Å². The Morgan fingerprint density at radius 3 is 2.58 bits per heavy atom. The molecule has 6 nitrogen and oxygen atoms in total. The molecule has 1 aliphatic heterocycles. The maximum absolute atomic E-state index is 13.0. The van der Waals surface area contributed by atoms with E-state index >= 15 is 0 Å². The molecule has 3 aromatic rings. The van der Waals surface area contributed by atoms with E-state index in [9.17, 15) is 18.3 Å². The standard InChI is InChI=1S/C19H16N2O4S/c1-10-6-7-14(11(2)18(10)22)21-26(24,25)16-9-8-15-17-12(16)4-3-5-13(17)19(23)20-15/h3-9,21-22H,1-2H3,(H,20,23). The fourth-order valence-corrected chi connectivity index (χ4v) is 4.57. The number of benzene rings is 3. The Hall–Kier alpha value is -3.06. The van der Waals surface area contributed by atoms with Crippen molar-refractivity contribution in [3.63, 3.8) is 0 Å². The Kier molecular flexibility index (Phi) is 3.45. The van der Waals surface area contributed by atoms with Gasteiger partial charge in [-0.15, -0.1) is 0 Å². The topological polar surface area (TPSA) is 95.5 Å². The number of amides is 1. The Morgan fingerprint density at radius 2 is 1.81 bits per heavy atom. The summed E-state index contributed by atoms with van der Waals surface area (Å²) in [5, 5.41) is 13.9. The van der Waals surface area contributed by atoms with E-state index in [1.807, 2.05) is 0 Å². The number of phenolic OH excluding ortho intramolecular Hbond substituents is 1. The second-order valence-electron chi connectivity index (χ2n) is 6.30. The number of hydrogen-bond acceptors (Lipinski definition) is 4. The molecule has 0 fully saturated rings. The van der Waals surface area contributed by atoms with Gasteiger partial charge in [0.1, 0.15) is 5.75 Å². The molecule has 4 rings (SSSR count). The summed E-state index contributed by atoms with van der Waals surface area (Å²) in [6, 6.07) is 11.3. The molecule has 7 heteroatoms. The summed E-state index contributed by atoms with van der Waals surface area (Å²) in [7, 11) is -3.92. The molecule has 0 bridgehead atoms. The van der Waals surface area contributed by atoms with Gasteiger partial charge in [-0.05, 0) is 43.7 Å². The summed E-state index contributed by atoms with van der Waals surface area (Å²) >= 11 is 0. The van der Waals surface area contributed by atoms with Crippen LogP contribution in [0, 0.1) is 13.8 Å². The van der Waals surface area contributed by atoms with Crippen LogP contribution >= 0.6 is 0 Å². The molecule has 0 saturated heterocycles. The van der Waals surface area contributed by atoms with Gasteiger partial charge in [0.2, 0.25) is 0 Å². The second kappa shape index (κ2) is 5.47. The normalized spacial score (nSPS) is 13.1. The Bertz CT molecular complexity index is 1200. The monoisotopic (exact) mass is 368 g/mol. The third kappa shape index (κ3) is 2.32. The SMILES string of the molecule is Cc1ccc(NS(=O)(=O)c2ccc3c4c(cccc24)C(=O)N3)c(C)c1O. The lowest BCUT2D eigenvalue weighted by atomic mass is 10.1. The van der Waals surface area contributed by atoms with Gasteiger partial charge < -0.3 is 10.4 Å².